The maximum absolute atomic E-state index is 12.9. The van der Waals surface area contributed by atoms with Crippen molar-refractivity contribution < 1.29 is 27.8 Å². The van der Waals surface area contributed by atoms with Gasteiger partial charge in [-0.05, 0) is 30.7 Å². The van der Waals surface area contributed by atoms with Gasteiger partial charge in [-0.15, -0.1) is 0 Å². The molecule has 1 aromatic rings. The van der Waals surface area contributed by atoms with E-state index < -0.39 is 17.6 Å². The molecule has 0 aromatic heterocycles. The topological polar surface area (TPSA) is 48.0 Å². The molecule has 0 bridgehead atoms. The molecule has 2 aliphatic heterocycles. The summed E-state index contributed by atoms with van der Waals surface area (Å²) in [7, 11) is 0. The van der Waals surface area contributed by atoms with E-state index in [0.717, 1.165) is 12.8 Å². The summed E-state index contributed by atoms with van der Waals surface area (Å²) in [6, 6.07) is 6.42. The number of hydrogen-bond donors (Lipinski definition) is 0. The van der Waals surface area contributed by atoms with Gasteiger partial charge >= 0.3 is 0 Å². The van der Waals surface area contributed by atoms with E-state index in [2.05, 4.69) is 0 Å². The van der Waals surface area contributed by atoms with Crippen molar-refractivity contribution in [2.75, 3.05) is 26.3 Å². The molecule has 1 aromatic carbocycles. The Labute approximate surface area is 151 Å². The third-order valence-corrected chi connectivity index (χ3v) is 5.28. The Bertz CT molecular complexity index is 673. The number of ether oxygens (including phenoxy) is 3. The van der Waals surface area contributed by atoms with Crippen molar-refractivity contribution in [1.82, 2.24) is 4.90 Å². The number of carbonyl (C=O) groups excluding carboxylic acids is 1. The van der Waals surface area contributed by atoms with Crippen LogP contribution in [0.25, 0.3) is 0 Å². The monoisotopic (exact) mass is 367 g/mol. The van der Waals surface area contributed by atoms with Crippen molar-refractivity contribution in [2.45, 2.75) is 49.9 Å². The molecule has 1 saturated carbocycles. The van der Waals surface area contributed by atoms with E-state index in [4.69, 9.17) is 14.2 Å². The number of alkyl halides is 2. The zero-order valence-corrected chi connectivity index (χ0v) is 14.7. The number of carbonyl (C=O) groups is 1. The number of benzene rings is 1. The van der Waals surface area contributed by atoms with Gasteiger partial charge in [0.2, 0.25) is 0 Å². The first kappa shape index (κ1) is 17.7. The third kappa shape index (κ3) is 3.42. The number of nitrogens with zero attached hydrogens (tertiary/aromatic N) is 1. The van der Waals surface area contributed by atoms with Crippen LogP contribution in [0.4, 0.5) is 8.78 Å². The van der Waals surface area contributed by atoms with E-state index in [9.17, 15) is 13.6 Å². The molecule has 1 spiro atoms. The second kappa shape index (κ2) is 6.46. The highest BCUT2D eigenvalue weighted by Gasteiger charge is 2.59. The van der Waals surface area contributed by atoms with E-state index in [1.54, 1.807) is 24.3 Å². The Morgan fingerprint density at radius 1 is 1.35 bits per heavy atom. The summed E-state index contributed by atoms with van der Waals surface area (Å²) in [5, 5.41) is 0. The summed E-state index contributed by atoms with van der Waals surface area (Å²) >= 11 is 0. The lowest BCUT2D eigenvalue weighted by molar-refractivity contribution is -0.145. The summed E-state index contributed by atoms with van der Waals surface area (Å²) < 4.78 is 42.8. The maximum Gasteiger partial charge on any atom is 0.288 e. The van der Waals surface area contributed by atoms with Gasteiger partial charge in [0, 0.05) is 25.1 Å². The van der Waals surface area contributed by atoms with Crippen LogP contribution in [-0.4, -0.2) is 60.8 Å². The lowest BCUT2D eigenvalue weighted by Gasteiger charge is -2.43. The lowest BCUT2D eigenvalue weighted by Crippen LogP contribution is -2.57. The normalized spacial score (nSPS) is 32.7. The van der Waals surface area contributed by atoms with Gasteiger partial charge in [-0.3, -0.25) is 4.79 Å². The van der Waals surface area contributed by atoms with Crippen LogP contribution in [0.5, 0.6) is 5.75 Å². The largest absolute Gasteiger partial charge is 0.484 e. The van der Waals surface area contributed by atoms with E-state index in [1.165, 1.54) is 0 Å². The highest BCUT2D eigenvalue weighted by atomic mass is 19.3. The Morgan fingerprint density at radius 3 is 2.65 bits per heavy atom. The molecule has 7 heteroatoms. The summed E-state index contributed by atoms with van der Waals surface area (Å²) in [6.07, 6.45) is 0.318. The molecule has 5 nitrogen and oxygen atoms in total. The van der Waals surface area contributed by atoms with E-state index in [1.807, 2.05) is 11.8 Å². The quantitative estimate of drug-likeness (QED) is 0.821. The fraction of sp³-hybridized carbons (Fsp3) is 0.632. The zero-order chi connectivity index (χ0) is 18.4. The van der Waals surface area contributed by atoms with Crippen LogP contribution < -0.4 is 4.74 Å². The summed E-state index contributed by atoms with van der Waals surface area (Å²) in [5.41, 5.74) is 0.112. The fourth-order valence-electron chi connectivity index (χ4n) is 3.60. The minimum Gasteiger partial charge on any atom is -0.484 e. The van der Waals surface area contributed by atoms with Crippen molar-refractivity contribution in [3.8, 4) is 5.75 Å². The number of hydrogen-bond acceptors (Lipinski definition) is 4. The average molecular weight is 367 g/mol. The van der Waals surface area contributed by atoms with Gasteiger partial charge < -0.3 is 19.1 Å². The number of amides is 1. The molecular weight excluding hydrogens is 344 g/mol. The zero-order valence-electron chi connectivity index (χ0n) is 14.7. The molecule has 4 rings (SSSR count). The maximum atomic E-state index is 12.9. The van der Waals surface area contributed by atoms with Gasteiger partial charge in [-0.2, -0.15) is 0 Å². The Hall–Kier alpha value is -1.73. The molecule has 1 aliphatic carbocycles. The molecule has 3 atom stereocenters. The van der Waals surface area contributed by atoms with Gasteiger partial charge in [-0.25, -0.2) is 8.78 Å². The van der Waals surface area contributed by atoms with Crippen molar-refractivity contribution in [3.63, 3.8) is 0 Å². The summed E-state index contributed by atoms with van der Waals surface area (Å²) in [6.45, 7) is 4.26. The van der Waals surface area contributed by atoms with E-state index >= 15 is 0 Å². The van der Waals surface area contributed by atoms with Crippen molar-refractivity contribution in [2.24, 2.45) is 0 Å². The van der Waals surface area contributed by atoms with Crippen LogP contribution in [0.2, 0.25) is 0 Å². The van der Waals surface area contributed by atoms with Crippen molar-refractivity contribution in [1.29, 1.82) is 0 Å². The molecule has 2 heterocycles. The van der Waals surface area contributed by atoms with Crippen LogP contribution in [0.15, 0.2) is 24.3 Å². The van der Waals surface area contributed by atoms with Crippen molar-refractivity contribution in [3.05, 3.63) is 29.8 Å². The first-order chi connectivity index (χ1) is 12.4. The molecule has 2 saturated heterocycles. The molecule has 3 aliphatic rings. The van der Waals surface area contributed by atoms with Gasteiger partial charge in [-0.1, -0.05) is 6.92 Å². The van der Waals surface area contributed by atoms with Crippen LogP contribution in [0, 0.1) is 0 Å². The Balaban J connectivity index is 1.44. The minimum absolute atomic E-state index is 0.00546. The first-order valence-corrected chi connectivity index (χ1v) is 9.10. The Morgan fingerprint density at radius 2 is 2.08 bits per heavy atom. The average Bonchev–Trinajstić information content (AvgIpc) is 3.01. The first-order valence-electron chi connectivity index (χ1n) is 9.10. The predicted octanol–water partition coefficient (Wildman–Crippen LogP) is 2.88. The van der Waals surface area contributed by atoms with Crippen LogP contribution in [0.1, 0.15) is 36.5 Å². The molecule has 0 radical (unpaired) electrons. The lowest BCUT2D eigenvalue weighted by atomic mass is 9.97. The number of morpholine rings is 1. The molecule has 1 amide bonds. The SMILES string of the molecule is CCC1CN(C(=O)c2ccc(OC3CC3(F)F)cc2)CC2(CCOC2)O1. The molecule has 26 heavy (non-hydrogen) atoms. The van der Waals surface area contributed by atoms with Crippen LogP contribution in [0.3, 0.4) is 0 Å². The van der Waals surface area contributed by atoms with Gasteiger partial charge in [0.05, 0.1) is 25.7 Å². The highest BCUT2D eigenvalue weighted by Crippen LogP contribution is 2.44. The summed E-state index contributed by atoms with van der Waals surface area (Å²) in [4.78, 5) is 14.7. The van der Waals surface area contributed by atoms with Gasteiger partial charge in [0.25, 0.3) is 11.8 Å². The van der Waals surface area contributed by atoms with E-state index in [0.29, 0.717) is 37.6 Å². The van der Waals surface area contributed by atoms with Crippen LogP contribution in [-0.2, 0) is 9.47 Å². The second-order valence-corrected chi connectivity index (χ2v) is 7.42. The second-order valence-electron chi connectivity index (χ2n) is 7.42. The molecule has 3 fully saturated rings. The third-order valence-electron chi connectivity index (χ3n) is 5.28. The highest BCUT2D eigenvalue weighted by molar-refractivity contribution is 5.94. The molecule has 0 N–H and O–H groups in total. The smallest absolute Gasteiger partial charge is 0.288 e. The fourth-order valence-corrected chi connectivity index (χ4v) is 3.60. The summed E-state index contributed by atoms with van der Waals surface area (Å²) in [5.74, 6) is -2.45. The van der Waals surface area contributed by atoms with Crippen LogP contribution >= 0.6 is 0 Å². The van der Waals surface area contributed by atoms with E-state index in [-0.39, 0.29) is 18.4 Å². The molecular formula is C19H23F2NO4. The van der Waals surface area contributed by atoms with Gasteiger partial charge in [0.1, 0.15) is 11.4 Å². The van der Waals surface area contributed by atoms with Gasteiger partial charge in [0.15, 0.2) is 6.10 Å². The number of halogens is 2. The Kier molecular flexibility index (Phi) is 4.39. The molecule has 142 valence electrons. The minimum atomic E-state index is -2.73. The standard InChI is InChI=1S/C19H23F2NO4/c1-2-14-10-22(11-18(26-14)7-8-24-12-18)17(23)13-3-5-15(6-4-13)25-16-9-19(16,20)21/h3-6,14,16H,2,7-12H2,1H3. The predicted molar refractivity (Wildman–Crippen MR) is 89.7 cm³/mol. The van der Waals surface area contributed by atoms with Crippen molar-refractivity contribution >= 4 is 5.91 Å². The number of rotatable bonds is 4. The molecule has 3 unspecified atom stereocenters.